The van der Waals surface area contributed by atoms with Crippen molar-refractivity contribution in [2.45, 2.75) is 13.8 Å². The molecule has 4 rings (SSSR count). The molecule has 26 heavy (non-hydrogen) atoms. The summed E-state index contributed by atoms with van der Waals surface area (Å²) >= 11 is 0. The molecule has 0 fully saturated rings. The third kappa shape index (κ3) is 1.65. The molecule has 0 bridgehead atoms. The zero-order valence-electron chi connectivity index (χ0n) is 13.0. The smallest absolute Gasteiger partial charge is 0.195 e. The Hall–Kier alpha value is -2.64. The fourth-order valence-corrected chi connectivity index (χ4v) is 3.45. The second-order valence-corrected chi connectivity index (χ2v) is 6.01. The van der Waals surface area contributed by atoms with Crippen LogP contribution >= 0.6 is 0 Å². The quantitative estimate of drug-likeness (QED) is 0.192. The molecule has 8 heteroatoms. The normalized spacial score (nSPS) is 12.2. The molecule has 0 radical (unpaired) electrons. The molecule has 0 heterocycles. The van der Waals surface area contributed by atoms with E-state index >= 15 is 0 Å². The van der Waals surface area contributed by atoms with E-state index in [1.54, 1.807) is 0 Å². The third-order valence-corrected chi connectivity index (χ3v) is 4.82. The standard InChI is InChI=1S/C18H6F8/c1-3-4(2)11(19)8-6-5(3)12(20)14(22)9-7(6)10(15(23)13(8)21)17(25)18(26)16(9)24/h1-2H3. The lowest BCUT2D eigenvalue weighted by Crippen LogP contribution is -2.07. The van der Waals surface area contributed by atoms with Gasteiger partial charge in [0.15, 0.2) is 40.7 Å². The van der Waals surface area contributed by atoms with Gasteiger partial charge in [0.1, 0.15) is 5.82 Å². The minimum atomic E-state index is -2.29. The summed E-state index contributed by atoms with van der Waals surface area (Å²) in [5.41, 5.74) is -0.453. The number of benzene rings is 4. The molecule has 0 amide bonds. The second kappa shape index (κ2) is 4.96. The Morgan fingerprint density at radius 1 is 0.308 bits per heavy atom. The Labute approximate surface area is 140 Å². The maximum Gasteiger partial charge on any atom is 0.195 e. The molecule has 0 spiro atoms. The first-order valence-electron chi connectivity index (χ1n) is 7.26. The molecule has 0 nitrogen and oxygen atoms in total. The molecular weight excluding hydrogens is 368 g/mol. The Balaban J connectivity index is 2.63. The average Bonchev–Trinajstić information content (AvgIpc) is 2.60. The van der Waals surface area contributed by atoms with Crippen LogP contribution in [-0.2, 0) is 0 Å². The van der Waals surface area contributed by atoms with Crippen molar-refractivity contribution in [3.05, 3.63) is 57.7 Å². The summed E-state index contributed by atoms with van der Waals surface area (Å²) < 4.78 is 114. The molecule has 0 aliphatic rings. The van der Waals surface area contributed by atoms with E-state index in [-0.39, 0.29) is 11.1 Å². The molecular formula is C18H6F8. The highest BCUT2D eigenvalue weighted by molar-refractivity contribution is 6.24. The zero-order valence-corrected chi connectivity index (χ0v) is 13.0. The highest BCUT2D eigenvalue weighted by Gasteiger charge is 2.33. The lowest BCUT2D eigenvalue weighted by atomic mass is 9.88. The van der Waals surface area contributed by atoms with Crippen molar-refractivity contribution < 1.29 is 35.1 Å². The van der Waals surface area contributed by atoms with Gasteiger partial charge >= 0.3 is 0 Å². The number of halogens is 8. The molecule has 0 saturated heterocycles. The third-order valence-electron chi connectivity index (χ3n) is 4.82. The van der Waals surface area contributed by atoms with Crippen LogP contribution in [0.3, 0.4) is 0 Å². The minimum absolute atomic E-state index is 0.161. The van der Waals surface area contributed by atoms with E-state index in [0.717, 1.165) is 6.92 Å². The summed E-state index contributed by atoms with van der Waals surface area (Å²) in [6, 6.07) is 0. The second-order valence-electron chi connectivity index (χ2n) is 6.01. The summed E-state index contributed by atoms with van der Waals surface area (Å²) in [5.74, 6) is -15.3. The molecule has 0 N–H and O–H groups in total. The molecule has 134 valence electrons. The van der Waals surface area contributed by atoms with E-state index < -0.39 is 78.9 Å². The van der Waals surface area contributed by atoms with Crippen molar-refractivity contribution in [3.63, 3.8) is 0 Å². The largest absolute Gasteiger partial charge is 0.206 e. The van der Waals surface area contributed by atoms with E-state index in [1.165, 1.54) is 6.92 Å². The molecule has 0 aromatic heterocycles. The summed E-state index contributed by atoms with van der Waals surface area (Å²) in [7, 11) is 0. The zero-order chi connectivity index (χ0) is 19.2. The Morgan fingerprint density at radius 2 is 0.615 bits per heavy atom. The fourth-order valence-electron chi connectivity index (χ4n) is 3.45. The summed E-state index contributed by atoms with van der Waals surface area (Å²) in [6.07, 6.45) is 0. The van der Waals surface area contributed by atoms with Gasteiger partial charge in [-0.3, -0.25) is 0 Å². The van der Waals surface area contributed by atoms with Crippen molar-refractivity contribution >= 4 is 32.3 Å². The maximum absolute atomic E-state index is 14.6. The molecule has 0 aliphatic carbocycles. The monoisotopic (exact) mass is 374 g/mol. The van der Waals surface area contributed by atoms with Crippen molar-refractivity contribution in [3.8, 4) is 0 Å². The molecule has 4 aromatic carbocycles. The van der Waals surface area contributed by atoms with E-state index in [0.29, 0.717) is 0 Å². The van der Waals surface area contributed by atoms with Gasteiger partial charge in [-0.15, -0.1) is 0 Å². The summed E-state index contributed by atoms with van der Waals surface area (Å²) in [6.45, 7) is 2.32. The Bertz CT molecular complexity index is 1080. The summed E-state index contributed by atoms with van der Waals surface area (Å²) in [5, 5.41) is -6.25. The first-order valence-corrected chi connectivity index (χ1v) is 7.26. The summed E-state index contributed by atoms with van der Waals surface area (Å²) in [4.78, 5) is 0. The van der Waals surface area contributed by atoms with Crippen LogP contribution in [0.2, 0.25) is 0 Å². The SMILES string of the molecule is Cc1c(C)c2c(F)c(F)c3c(F)c(F)c(F)c4c(F)c(F)c(c1F)c2c34. The van der Waals surface area contributed by atoms with Crippen LogP contribution in [0.5, 0.6) is 0 Å². The van der Waals surface area contributed by atoms with E-state index in [2.05, 4.69) is 0 Å². The minimum Gasteiger partial charge on any atom is -0.206 e. The average molecular weight is 374 g/mol. The predicted molar refractivity (Wildman–Crippen MR) is 79.3 cm³/mol. The number of aryl methyl sites for hydroxylation is 1. The molecule has 0 unspecified atom stereocenters. The molecule has 4 aromatic rings. The van der Waals surface area contributed by atoms with Crippen LogP contribution in [0.25, 0.3) is 32.3 Å². The van der Waals surface area contributed by atoms with Crippen molar-refractivity contribution in [2.75, 3.05) is 0 Å². The van der Waals surface area contributed by atoms with Gasteiger partial charge < -0.3 is 0 Å². The Morgan fingerprint density at radius 3 is 1.08 bits per heavy atom. The van der Waals surface area contributed by atoms with Crippen molar-refractivity contribution in [1.29, 1.82) is 0 Å². The van der Waals surface area contributed by atoms with Crippen LogP contribution in [0.15, 0.2) is 0 Å². The van der Waals surface area contributed by atoms with Gasteiger partial charge in [-0.1, -0.05) is 0 Å². The van der Waals surface area contributed by atoms with Crippen LogP contribution in [0.1, 0.15) is 11.1 Å². The van der Waals surface area contributed by atoms with Crippen molar-refractivity contribution in [1.82, 2.24) is 0 Å². The molecule has 0 atom stereocenters. The number of hydrogen-bond acceptors (Lipinski definition) is 0. The Kier molecular flexibility index (Phi) is 3.21. The van der Waals surface area contributed by atoms with Gasteiger partial charge in [0.05, 0.1) is 16.2 Å². The first kappa shape index (κ1) is 16.8. The molecule has 0 saturated carbocycles. The lowest BCUT2D eigenvalue weighted by molar-refractivity contribution is 0.448. The van der Waals surface area contributed by atoms with Gasteiger partial charge in [0.25, 0.3) is 0 Å². The lowest BCUT2D eigenvalue weighted by Gasteiger charge is -2.19. The van der Waals surface area contributed by atoms with Gasteiger partial charge in [0, 0.05) is 16.2 Å². The number of hydrogen-bond donors (Lipinski definition) is 0. The highest BCUT2D eigenvalue weighted by atomic mass is 19.2. The van der Waals surface area contributed by atoms with E-state index in [1.807, 2.05) is 0 Å². The topological polar surface area (TPSA) is 0 Å². The van der Waals surface area contributed by atoms with E-state index in [9.17, 15) is 35.1 Å². The van der Waals surface area contributed by atoms with Gasteiger partial charge in [-0.05, 0) is 25.0 Å². The fraction of sp³-hybridized carbons (Fsp3) is 0.111. The first-order chi connectivity index (χ1) is 12.1. The van der Waals surface area contributed by atoms with Gasteiger partial charge in [-0.2, -0.15) is 0 Å². The highest BCUT2D eigenvalue weighted by Crippen LogP contribution is 2.46. The number of rotatable bonds is 0. The van der Waals surface area contributed by atoms with Gasteiger partial charge in [-0.25, -0.2) is 35.1 Å². The molecule has 0 aliphatic heterocycles. The maximum atomic E-state index is 14.6. The predicted octanol–water partition coefficient (Wildman–Crippen LogP) is 6.31. The van der Waals surface area contributed by atoms with Crippen LogP contribution in [0.4, 0.5) is 35.1 Å². The van der Waals surface area contributed by atoms with Crippen LogP contribution < -0.4 is 0 Å². The van der Waals surface area contributed by atoms with Crippen LogP contribution in [0, 0.1) is 60.4 Å². The van der Waals surface area contributed by atoms with Crippen molar-refractivity contribution in [2.24, 2.45) is 0 Å². The van der Waals surface area contributed by atoms with Gasteiger partial charge in [0.2, 0.25) is 0 Å². The van der Waals surface area contributed by atoms with E-state index in [4.69, 9.17) is 0 Å². The van der Waals surface area contributed by atoms with Crippen LogP contribution in [-0.4, -0.2) is 0 Å².